The average molecular weight is 399 g/mol. The van der Waals surface area contributed by atoms with Crippen LogP contribution >= 0.6 is 11.8 Å². The van der Waals surface area contributed by atoms with Gasteiger partial charge in [0.25, 0.3) is 5.91 Å². The molecule has 28 heavy (non-hydrogen) atoms. The molecule has 2 aromatic carbocycles. The van der Waals surface area contributed by atoms with Crippen molar-refractivity contribution in [3.8, 4) is 0 Å². The highest BCUT2D eigenvalue weighted by molar-refractivity contribution is 7.99. The zero-order valence-corrected chi connectivity index (χ0v) is 17.7. The molecule has 2 aromatic rings. The zero-order valence-electron chi connectivity index (χ0n) is 16.9. The molecule has 1 amide bonds. The topological polar surface area (TPSA) is 65.5 Å². The zero-order chi connectivity index (χ0) is 20.2. The van der Waals surface area contributed by atoms with E-state index in [1.165, 1.54) is 4.90 Å². The second-order valence-corrected chi connectivity index (χ2v) is 7.66. The molecule has 0 fully saturated rings. The summed E-state index contributed by atoms with van der Waals surface area (Å²) in [4.78, 5) is 17.7. The van der Waals surface area contributed by atoms with Crippen molar-refractivity contribution in [3.05, 3.63) is 65.7 Å². The van der Waals surface area contributed by atoms with Gasteiger partial charge in [-0.3, -0.25) is 9.79 Å². The number of hydrogen-bond acceptors (Lipinski definition) is 3. The van der Waals surface area contributed by atoms with Crippen molar-refractivity contribution >= 4 is 23.6 Å². The lowest BCUT2D eigenvalue weighted by molar-refractivity contribution is 0.0939. The lowest BCUT2D eigenvalue weighted by Crippen LogP contribution is -2.38. The van der Waals surface area contributed by atoms with Gasteiger partial charge in [-0.05, 0) is 43.2 Å². The van der Waals surface area contributed by atoms with Crippen molar-refractivity contribution < 1.29 is 4.79 Å². The van der Waals surface area contributed by atoms with Gasteiger partial charge < -0.3 is 16.0 Å². The first-order valence-corrected chi connectivity index (χ1v) is 10.6. The molecule has 1 atom stereocenters. The Morgan fingerprint density at radius 1 is 1.07 bits per heavy atom. The molecule has 1 unspecified atom stereocenters. The van der Waals surface area contributed by atoms with Crippen molar-refractivity contribution in [2.24, 2.45) is 4.99 Å². The Hall–Kier alpha value is -2.47. The Labute approximate surface area is 172 Å². The van der Waals surface area contributed by atoms with Crippen LogP contribution in [0, 0.1) is 0 Å². The fraction of sp³-hybridized carbons (Fsp3) is 0.364. The third-order valence-corrected chi connectivity index (χ3v) is 5.31. The standard InChI is InChI=1S/C22H30N4OS/c1-4-17(2)26-21(27)19-12-10-18(11-13-19)16-25-22(23-3)24-14-15-28-20-8-6-5-7-9-20/h5-13,17H,4,14-16H2,1-3H3,(H,26,27)(H2,23,24,25). The number of guanidine groups is 1. The van der Waals surface area contributed by atoms with E-state index in [0.29, 0.717) is 12.1 Å². The van der Waals surface area contributed by atoms with Crippen molar-refractivity contribution in [1.82, 2.24) is 16.0 Å². The van der Waals surface area contributed by atoms with Gasteiger partial charge in [0.15, 0.2) is 5.96 Å². The van der Waals surface area contributed by atoms with E-state index in [2.05, 4.69) is 52.1 Å². The molecule has 0 saturated carbocycles. The Morgan fingerprint density at radius 2 is 1.79 bits per heavy atom. The quantitative estimate of drug-likeness (QED) is 0.261. The van der Waals surface area contributed by atoms with E-state index in [9.17, 15) is 4.79 Å². The number of aliphatic imine (C=N–C) groups is 1. The van der Waals surface area contributed by atoms with E-state index in [1.54, 1.807) is 7.05 Å². The van der Waals surface area contributed by atoms with Gasteiger partial charge in [0.2, 0.25) is 0 Å². The summed E-state index contributed by atoms with van der Waals surface area (Å²) in [5.74, 6) is 1.71. The van der Waals surface area contributed by atoms with Crippen LogP contribution in [0.25, 0.3) is 0 Å². The van der Waals surface area contributed by atoms with Crippen LogP contribution in [0.3, 0.4) is 0 Å². The maximum atomic E-state index is 12.1. The van der Waals surface area contributed by atoms with E-state index in [0.717, 1.165) is 30.2 Å². The number of hydrogen-bond donors (Lipinski definition) is 3. The summed E-state index contributed by atoms with van der Waals surface area (Å²) in [5.41, 5.74) is 1.78. The van der Waals surface area contributed by atoms with Crippen LogP contribution in [0.15, 0.2) is 64.5 Å². The summed E-state index contributed by atoms with van der Waals surface area (Å²) in [6.45, 7) is 5.54. The third kappa shape index (κ3) is 7.64. The Kier molecular flexibility index (Phi) is 9.42. The monoisotopic (exact) mass is 398 g/mol. The number of nitrogens with zero attached hydrogens (tertiary/aromatic N) is 1. The maximum absolute atomic E-state index is 12.1. The van der Waals surface area contributed by atoms with E-state index in [1.807, 2.05) is 49.0 Å². The number of benzene rings is 2. The van der Waals surface area contributed by atoms with Gasteiger partial charge in [0.05, 0.1) is 0 Å². The predicted octanol–water partition coefficient (Wildman–Crippen LogP) is 3.67. The van der Waals surface area contributed by atoms with Crippen molar-refractivity contribution in [2.45, 2.75) is 37.8 Å². The summed E-state index contributed by atoms with van der Waals surface area (Å²) in [5, 5.41) is 9.60. The third-order valence-electron chi connectivity index (χ3n) is 4.30. The molecule has 0 saturated heterocycles. The van der Waals surface area contributed by atoms with Crippen molar-refractivity contribution in [2.75, 3.05) is 19.3 Å². The molecule has 0 aromatic heterocycles. The minimum absolute atomic E-state index is 0.0257. The highest BCUT2D eigenvalue weighted by Gasteiger charge is 2.08. The van der Waals surface area contributed by atoms with Crippen LogP contribution in [-0.2, 0) is 6.54 Å². The molecule has 0 spiro atoms. The molecule has 2 rings (SSSR count). The van der Waals surface area contributed by atoms with Crippen LogP contribution < -0.4 is 16.0 Å². The van der Waals surface area contributed by atoms with Gasteiger partial charge in [-0.25, -0.2) is 0 Å². The number of carbonyl (C=O) groups excluding carboxylic acids is 1. The smallest absolute Gasteiger partial charge is 0.251 e. The SMILES string of the molecule is CCC(C)NC(=O)c1ccc(CNC(=NC)NCCSc2ccccc2)cc1. The van der Waals surface area contributed by atoms with E-state index in [4.69, 9.17) is 0 Å². The number of amides is 1. The number of nitrogens with one attached hydrogen (secondary N) is 3. The summed E-state index contributed by atoms with van der Waals surface area (Å²) >= 11 is 1.81. The van der Waals surface area contributed by atoms with Gasteiger partial charge in [-0.15, -0.1) is 11.8 Å². The van der Waals surface area contributed by atoms with Gasteiger partial charge in [-0.1, -0.05) is 37.3 Å². The van der Waals surface area contributed by atoms with E-state index < -0.39 is 0 Å². The minimum atomic E-state index is -0.0257. The maximum Gasteiger partial charge on any atom is 0.251 e. The van der Waals surface area contributed by atoms with Crippen LogP contribution in [0.2, 0.25) is 0 Å². The van der Waals surface area contributed by atoms with Gasteiger partial charge >= 0.3 is 0 Å². The predicted molar refractivity (Wildman–Crippen MR) is 119 cm³/mol. The summed E-state index contributed by atoms with van der Waals surface area (Å²) in [6.07, 6.45) is 0.920. The molecule has 0 heterocycles. The lowest BCUT2D eigenvalue weighted by Gasteiger charge is -2.13. The highest BCUT2D eigenvalue weighted by Crippen LogP contribution is 2.15. The highest BCUT2D eigenvalue weighted by atomic mass is 32.2. The first-order valence-electron chi connectivity index (χ1n) is 9.64. The van der Waals surface area contributed by atoms with E-state index in [-0.39, 0.29) is 11.9 Å². The molecule has 150 valence electrons. The molecule has 3 N–H and O–H groups in total. The van der Waals surface area contributed by atoms with Gasteiger partial charge in [0, 0.05) is 42.4 Å². The molecule has 0 radical (unpaired) electrons. The van der Waals surface area contributed by atoms with E-state index >= 15 is 0 Å². The first kappa shape index (κ1) is 21.8. The Bertz CT molecular complexity index is 747. The summed E-state index contributed by atoms with van der Waals surface area (Å²) < 4.78 is 0. The first-order chi connectivity index (χ1) is 13.6. The second kappa shape index (κ2) is 12.1. The van der Waals surface area contributed by atoms with Crippen LogP contribution in [0.5, 0.6) is 0 Å². The number of thioether (sulfide) groups is 1. The number of carbonyl (C=O) groups is 1. The Balaban J connectivity index is 1.73. The Morgan fingerprint density at radius 3 is 2.43 bits per heavy atom. The van der Waals surface area contributed by atoms with Crippen LogP contribution in [0.4, 0.5) is 0 Å². The molecule has 0 bridgehead atoms. The molecular formula is C22H30N4OS. The largest absolute Gasteiger partial charge is 0.356 e. The van der Waals surface area contributed by atoms with Crippen LogP contribution in [0.1, 0.15) is 36.2 Å². The van der Waals surface area contributed by atoms with Gasteiger partial charge in [0.1, 0.15) is 0 Å². The number of rotatable bonds is 9. The fourth-order valence-electron chi connectivity index (χ4n) is 2.44. The van der Waals surface area contributed by atoms with Gasteiger partial charge in [-0.2, -0.15) is 0 Å². The van der Waals surface area contributed by atoms with Crippen LogP contribution in [-0.4, -0.2) is 37.3 Å². The molecule has 0 aliphatic heterocycles. The van der Waals surface area contributed by atoms with Crippen molar-refractivity contribution in [3.63, 3.8) is 0 Å². The molecular weight excluding hydrogens is 368 g/mol. The second-order valence-electron chi connectivity index (χ2n) is 6.49. The normalized spacial score (nSPS) is 12.3. The molecule has 0 aliphatic rings. The minimum Gasteiger partial charge on any atom is -0.356 e. The summed E-state index contributed by atoms with van der Waals surface area (Å²) in [6, 6.07) is 18.2. The molecule has 0 aliphatic carbocycles. The lowest BCUT2D eigenvalue weighted by atomic mass is 10.1. The molecule has 6 heteroatoms. The average Bonchev–Trinajstić information content (AvgIpc) is 2.74. The van der Waals surface area contributed by atoms with Crippen molar-refractivity contribution in [1.29, 1.82) is 0 Å². The fourth-order valence-corrected chi connectivity index (χ4v) is 3.23. The molecule has 5 nitrogen and oxygen atoms in total. The summed E-state index contributed by atoms with van der Waals surface area (Å²) in [7, 11) is 1.77.